The minimum Gasteiger partial charge on any atom is -0.503 e. The number of carboxylic acids is 1. The Bertz CT molecular complexity index is 1220. The minimum atomic E-state index is -1.08. The summed E-state index contributed by atoms with van der Waals surface area (Å²) in [6, 6.07) is 22.9. The van der Waals surface area contributed by atoms with Crippen molar-refractivity contribution in [3.8, 4) is 0 Å². The molecule has 1 heterocycles. The number of carbonyl (C=O) groups is 2. The second-order valence-electron chi connectivity index (χ2n) is 7.38. The van der Waals surface area contributed by atoms with Crippen molar-refractivity contribution >= 4 is 39.6 Å². The molecule has 0 aliphatic carbocycles. The summed E-state index contributed by atoms with van der Waals surface area (Å²) in [6.07, 6.45) is 4.22. The van der Waals surface area contributed by atoms with Gasteiger partial charge in [-0.2, -0.15) is 0 Å². The third-order valence-electron chi connectivity index (χ3n) is 5.32. The zero-order valence-corrected chi connectivity index (χ0v) is 18.6. The molecule has 5 nitrogen and oxygen atoms in total. The van der Waals surface area contributed by atoms with Crippen LogP contribution in [0.5, 0.6) is 0 Å². The Morgan fingerprint density at radius 3 is 2.41 bits per heavy atom. The van der Waals surface area contributed by atoms with Crippen molar-refractivity contribution in [3.05, 3.63) is 117 Å². The molecular weight excluding hydrogens is 470 g/mol. The second kappa shape index (κ2) is 9.24. The van der Waals surface area contributed by atoms with Crippen molar-refractivity contribution in [3.63, 3.8) is 0 Å². The van der Waals surface area contributed by atoms with E-state index in [9.17, 15) is 19.8 Å². The largest absolute Gasteiger partial charge is 0.503 e. The summed E-state index contributed by atoms with van der Waals surface area (Å²) < 4.78 is 0.892. The smallest absolute Gasteiger partial charge is 0.335 e. The summed E-state index contributed by atoms with van der Waals surface area (Å²) in [7, 11) is 0. The van der Waals surface area contributed by atoms with E-state index in [4.69, 9.17) is 0 Å². The SMILES string of the molecule is O=C(O)c1cccc(N2C(=O)C(O)=C(C/C=C/c3ccccc3)C2c2ccc(Br)cc2)c1. The van der Waals surface area contributed by atoms with E-state index in [0.717, 1.165) is 15.6 Å². The zero-order chi connectivity index (χ0) is 22.7. The van der Waals surface area contributed by atoms with Gasteiger partial charge in [0.2, 0.25) is 0 Å². The number of benzene rings is 3. The first kappa shape index (κ1) is 21.6. The van der Waals surface area contributed by atoms with Gasteiger partial charge in [0.05, 0.1) is 11.6 Å². The van der Waals surface area contributed by atoms with Crippen LogP contribution in [0.2, 0.25) is 0 Å². The Kier molecular flexibility index (Phi) is 6.23. The van der Waals surface area contributed by atoms with E-state index in [1.165, 1.54) is 17.0 Å². The molecule has 0 radical (unpaired) electrons. The first-order valence-corrected chi connectivity index (χ1v) is 10.8. The van der Waals surface area contributed by atoms with Crippen LogP contribution in [0.4, 0.5) is 5.69 Å². The minimum absolute atomic E-state index is 0.0711. The number of hydrogen-bond donors (Lipinski definition) is 2. The van der Waals surface area contributed by atoms with Crippen LogP contribution >= 0.6 is 15.9 Å². The van der Waals surface area contributed by atoms with E-state index in [0.29, 0.717) is 17.7 Å². The predicted molar refractivity (Wildman–Crippen MR) is 128 cm³/mol. The Morgan fingerprint density at radius 1 is 1.00 bits per heavy atom. The number of halogens is 1. The Hall–Kier alpha value is -3.64. The lowest BCUT2D eigenvalue weighted by atomic mass is 9.96. The fourth-order valence-electron chi connectivity index (χ4n) is 3.80. The van der Waals surface area contributed by atoms with Crippen LogP contribution in [-0.4, -0.2) is 22.1 Å². The third-order valence-corrected chi connectivity index (χ3v) is 5.85. The predicted octanol–water partition coefficient (Wildman–Crippen LogP) is 6.15. The number of carbonyl (C=O) groups excluding carboxylic acids is 1. The molecule has 3 aromatic carbocycles. The van der Waals surface area contributed by atoms with Crippen molar-refractivity contribution in [2.24, 2.45) is 0 Å². The summed E-state index contributed by atoms with van der Waals surface area (Å²) in [5, 5.41) is 20.2. The van der Waals surface area contributed by atoms with Gasteiger partial charge in [-0.1, -0.05) is 76.6 Å². The number of allylic oxidation sites excluding steroid dienone is 1. The van der Waals surface area contributed by atoms with Crippen molar-refractivity contribution in [2.45, 2.75) is 12.5 Å². The van der Waals surface area contributed by atoms with Gasteiger partial charge in [0.15, 0.2) is 5.76 Å². The van der Waals surface area contributed by atoms with E-state index in [-0.39, 0.29) is 11.3 Å². The molecule has 1 atom stereocenters. The average Bonchev–Trinajstić information content (AvgIpc) is 3.05. The maximum Gasteiger partial charge on any atom is 0.335 e. The monoisotopic (exact) mass is 489 g/mol. The van der Waals surface area contributed by atoms with Gasteiger partial charge in [-0.25, -0.2) is 4.79 Å². The molecule has 1 unspecified atom stereocenters. The molecule has 32 heavy (non-hydrogen) atoms. The number of aliphatic hydroxyl groups is 1. The van der Waals surface area contributed by atoms with Gasteiger partial charge < -0.3 is 10.2 Å². The van der Waals surface area contributed by atoms with E-state index < -0.39 is 17.9 Å². The molecule has 1 aliphatic heterocycles. The Balaban J connectivity index is 1.75. The third kappa shape index (κ3) is 4.36. The molecule has 1 amide bonds. The number of hydrogen-bond acceptors (Lipinski definition) is 3. The zero-order valence-electron chi connectivity index (χ0n) is 17.0. The Morgan fingerprint density at radius 2 is 1.72 bits per heavy atom. The number of nitrogens with zero attached hydrogens (tertiary/aromatic N) is 1. The highest BCUT2D eigenvalue weighted by Gasteiger charge is 2.40. The first-order chi connectivity index (χ1) is 15.5. The van der Waals surface area contributed by atoms with E-state index in [2.05, 4.69) is 15.9 Å². The molecule has 0 spiro atoms. The van der Waals surface area contributed by atoms with Crippen molar-refractivity contribution < 1.29 is 19.8 Å². The molecule has 2 N–H and O–H groups in total. The standard InChI is InChI=1S/C26H20BrNO4/c27-20-14-12-18(13-15-20)23-22(11-4-8-17-6-2-1-3-7-17)24(29)25(30)28(23)21-10-5-9-19(16-21)26(31)32/h1-10,12-16,23,29H,11H2,(H,31,32)/b8-4+. The summed E-state index contributed by atoms with van der Waals surface area (Å²) in [5.41, 5.74) is 2.88. The lowest BCUT2D eigenvalue weighted by molar-refractivity contribution is -0.117. The average molecular weight is 490 g/mol. The van der Waals surface area contributed by atoms with Crippen molar-refractivity contribution in [1.82, 2.24) is 0 Å². The highest BCUT2D eigenvalue weighted by molar-refractivity contribution is 9.10. The van der Waals surface area contributed by atoms with E-state index in [1.807, 2.05) is 66.7 Å². The van der Waals surface area contributed by atoms with E-state index >= 15 is 0 Å². The van der Waals surface area contributed by atoms with Crippen LogP contribution in [0.25, 0.3) is 6.08 Å². The first-order valence-electron chi connectivity index (χ1n) is 10.0. The maximum absolute atomic E-state index is 13.1. The lowest BCUT2D eigenvalue weighted by Gasteiger charge is -2.27. The van der Waals surface area contributed by atoms with Crippen LogP contribution in [0.3, 0.4) is 0 Å². The van der Waals surface area contributed by atoms with Crippen LogP contribution in [-0.2, 0) is 4.79 Å². The number of carboxylic acid groups (broad SMARTS) is 1. The fourth-order valence-corrected chi connectivity index (χ4v) is 4.06. The molecule has 0 saturated heterocycles. The number of aromatic carboxylic acids is 1. The van der Waals surface area contributed by atoms with Crippen molar-refractivity contribution in [1.29, 1.82) is 0 Å². The Labute approximate surface area is 194 Å². The summed E-state index contributed by atoms with van der Waals surface area (Å²) >= 11 is 3.43. The molecule has 1 aliphatic rings. The summed E-state index contributed by atoms with van der Waals surface area (Å²) in [5.74, 6) is -1.94. The van der Waals surface area contributed by atoms with Crippen LogP contribution in [0.15, 0.2) is 101 Å². The topological polar surface area (TPSA) is 77.8 Å². The molecular formula is C26H20BrNO4. The van der Waals surface area contributed by atoms with Gasteiger partial charge in [-0.15, -0.1) is 0 Å². The molecule has 0 fully saturated rings. The second-order valence-corrected chi connectivity index (χ2v) is 8.29. The number of rotatable bonds is 6. The number of aliphatic hydroxyl groups excluding tert-OH is 1. The quantitative estimate of drug-likeness (QED) is 0.435. The molecule has 0 saturated carbocycles. The molecule has 0 bridgehead atoms. The van der Waals surface area contributed by atoms with Gasteiger partial charge in [-0.05, 0) is 47.9 Å². The van der Waals surface area contributed by atoms with Crippen LogP contribution < -0.4 is 4.90 Å². The van der Waals surface area contributed by atoms with Gasteiger partial charge >= 0.3 is 5.97 Å². The normalized spacial score (nSPS) is 16.2. The molecule has 6 heteroatoms. The van der Waals surface area contributed by atoms with Crippen LogP contribution in [0, 0.1) is 0 Å². The number of anilines is 1. The molecule has 3 aromatic rings. The van der Waals surface area contributed by atoms with Crippen molar-refractivity contribution in [2.75, 3.05) is 4.90 Å². The lowest BCUT2D eigenvalue weighted by Crippen LogP contribution is -2.30. The molecule has 0 aromatic heterocycles. The summed E-state index contributed by atoms with van der Waals surface area (Å²) in [4.78, 5) is 26.0. The van der Waals surface area contributed by atoms with Gasteiger partial charge in [0, 0.05) is 15.7 Å². The van der Waals surface area contributed by atoms with Gasteiger partial charge in [-0.3, -0.25) is 9.69 Å². The van der Waals surface area contributed by atoms with Gasteiger partial charge in [0.1, 0.15) is 0 Å². The highest BCUT2D eigenvalue weighted by atomic mass is 79.9. The van der Waals surface area contributed by atoms with Crippen LogP contribution in [0.1, 0.15) is 33.9 Å². The fraction of sp³-hybridized carbons (Fsp3) is 0.0769. The summed E-state index contributed by atoms with van der Waals surface area (Å²) in [6.45, 7) is 0. The van der Waals surface area contributed by atoms with Gasteiger partial charge in [0.25, 0.3) is 5.91 Å². The number of amides is 1. The molecule has 160 valence electrons. The molecule has 4 rings (SSSR count). The highest BCUT2D eigenvalue weighted by Crippen LogP contribution is 2.42. The maximum atomic E-state index is 13.1. The van der Waals surface area contributed by atoms with E-state index in [1.54, 1.807) is 12.1 Å².